The molecule has 0 aliphatic heterocycles. The lowest BCUT2D eigenvalue weighted by Gasteiger charge is -2.00. The minimum atomic E-state index is -0.452. The second-order valence-corrected chi connectivity index (χ2v) is 5.97. The zero-order valence-electron chi connectivity index (χ0n) is 11.0. The monoisotopic (exact) mass is 398 g/mol. The number of allylic oxidation sites excluding steroid dienone is 1. The molecule has 0 amide bonds. The van der Waals surface area contributed by atoms with Gasteiger partial charge in [0.1, 0.15) is 6.26 Å². The number of halogens is 3. The first kappa shape index (κ1) is 16.7. The summed E-state index contributed by atoms with van der Waals surface area (Å²) in [6.45, 7) is 0. The largest absolute Gasteiger partial charge is 0.513 e. The number of aliphatic hydroxyl groups is 1. The zero-order chi connectivity index (χ0) is 16.1. The molecule has 0 fully saturated rings. The van der Waals surface area contributed by atoms with Gasteiger partial charge in [-0.2, -0.15) is 5.11 Å². The van der Waals surface area contributed by atoms with Gasteiger partial charge < -0.3 is 5.11 Å². The van der Waals surface area contributed by atoms with Crippen LogP contribution in [0.5, 0.6) is 0 Å². The summed E-state index contributed by atoms with van der Waals surface area (Å²) in [5.74, 6) is -0.452. The summed E-state index contributed by atoms with van der Waals surface area (Å²) in [6.07, 6.45) is 0.611. The molecular weight excluding hydrogens is 391 g/mol. The van der Waals surface area contributed by atoms with Crippen LogP contribution in [0.2, 0.25) is 10.0 Å². The summed E-state index contributed by atoms with van der Waals surface area (Å²) < 4.78 is 0.841. The van der Waals surface area contributed by atoms with Crippen LogP contribution in [0, 0.1) is 0 Å². The maximum Gasteiger partial charge on any atom is 0.216 e. The molecule has 1 N–H and O–H groups in total. The number of rotatable bonds is 4. The van der Waals surface area contributed by atoms with Gasteiger partial charge in [-0.3, -0.25) is 4.79 Å². The summed E-state index contributed by atoms with van der Waals surface area (Å²) in [7, 11) is 0. The highest BCUT2D eigenvalue weighted by molar-refractivity contribution is 9.10. The molecule has 112 valence electrons. The van der Waals surface area contributed by atoms with E-state index < -0.39 is 5.78 Å². The smallest absolute Gasteiger partial charge is 0.216 e. The maximum atomic E-state index is 12.2. The third-order valence-electron chi connectivity index (χ3n) is 2.58. The summed E-state index contributed by atoms with van der Waals surface area (Å²) in [4.78, 5) is 12.2. The van der Waals surface area contributed by atoms with E-state index in [0.29, 0.717) is 27.6 Å². The van der Waals surface area contributed by atoms with Gasteiger partial charge in [0.2, 0.25) is 5.78 Å². The topological polar surface area (TPSA) is 62.0 Å². The van der Waals surface area contributed by atoms with E-state index >= 15 is 0 Å². The number of hydrogen-bond acceptors (Lipinski definition) is 4. The number of benzene rings is 2. The molecule has 0 radical (unpaired) electrons. The molecule has 0 saturated heterocycles. The van der Waals surface area contributed by atoms with Crippen molar-refractivity contribution in [1.29, 1.82) is 0 Å². The third kappa shape index (κ3) is 4.40. The minimum absolute atomic E-state index is 0.196. The van der Waals surface area contributed by atoms with Crippen LogP contribution in [0.25, 0.3) is 0 Å². The van der Waals surface area contributed by atoms with Crippen molar-refractivity contribution in [2.24, 2.45) is 10.2 Å². The quantitative estimate of drug-likeness (QED) is 0.291. The Kier molecular flexibility index (Phi) is 5.71. The van der Waals surface area contributed by atoms with Crippen molar-refractivity contribution in [2.45, 2.75) is 0 Å². The van der Waals surface area contributed by atoms with Crippen molar-refractivity contribution in [3.05, 3.63) is 74.5 Å². The molecule has 2 rings (SSSR count). The van der Waals surface area contributed by atoms with Crippen molar-refractivity contribution < 1.29 is 9.90 Å². The van der Waals surface area contributed by atoms with E-state index in [9.17, 15) is 9.90 Å². The van der Waals surface area contributed by atoms with E-state index in [1.165, 1.54) is 12.1 Å². The molecule has 0 heterocycles. The van der Waals surface area contributed by atoms with E-state index in [4.69, 9.17) is 23.2 Å². The molecule has 22 heavy (non-hydrogen) atoms. The van der Waals surface area contributed by atoms with Gasteiger partial charge in [-0.25, -0.2) is 0 Å². The van der Waals surface area contributed by atoms with Crippen molar-refractivity contribution in [3.8, 4) is 0 Å². The Morgan fingerprint density at radius 3 is 2.23 bits per heavy atom. The molecule has 0 aliphatic carbocycles. The fourth-order valence-electron chi connectivity index (χ4n) is 1.59. The fraction of sp³-hybridized carbons (Fsp3) is 0. The Hall–Kier alpha value is -1.69. The highest BCUT2D eigenvalue weighted by atomic mass is 79.9. The SMILES string of the molecule is O=C(/C(=C\O)N=Nc1cc(Cl)cc(Cl)c1)c1ccc(Br)cc1. The maximum absolute atomic E-state index is 12.2. The molecule has 2 aromatic carbocycles. The molecular formula is C15H9BrCl2N2O2. The van der Waals surface area contributed by atoms with Crippen molar-refractivity contribution >= 4 is 50.6 Å². The van der Waals surface area contributed by atoms with E-state index in [-0.39, 0.29) is 5.70 Å². The highest BCUT2D eigenvalue weighted by Crippen LogP contribution is 2.25. The van der Waals surface area contributed by atoms with Crippen LogP contribution in [-0.4, -0.2) is 10.9 Å². The van der Waals surface area contributed by atoms with Gasteiger partial charge in [-0.05, 0) is 42.5 Å². The standard InChI is InChI=1S/C15H9BrCl2N2O2/c16-10-3-1-9(2-4-10)15(22)14(8-21)20-19-13-6-11(17)5-12(18)7-13/h1-8,21H/b14-8+,20-19?. The molecule has 0 saturated carbocycles. The van der Waals surface area contributed by atoms with Gasteiger partial charge in [-0.15, -0.1) is 5.11 Å². The Morgan fingerprint density at radius 2 is 1.68 bits per heavy atom. The van der Waals surface area contributed by atoms with Gasteiger partial charge in [0, 0.05) is 20.1 Å². The molecule has 4 nitrogen and oxygen atoms in total. The number of carbonyl (C=O) groups is 1. The number of nitrogens with zero attached hydrogens (tertiary/aromatic N) is 2. The Balaban J connectivity index is 2.23. The first-order valence-corrected chi connectivity index (χ1v) is 7.57. The molecule has 2 aromatic rings. The second-order valence-electron chi connectivity index (χ2n) is 4.18. The fourth-order valence-corrected chi connectivity index (χ4v) is 2.37. The number of aliphatic hydroxyl groups excluding tert-OH is 1. The predicted molar refractivity (Wildman–Crippen MR) is 90.2 cm³/mol. The average molecular weight is 400 g/mol. The van der Waals surface area contributed by atoms with Crippen molar-refractivity contribution in [2.75, 3.05) is 0 Å². The molecule has 0 aliphatic rings. The third-order valence-corrected chi connectivity index (χ3v) is 3.55. The summed E-state index contributed by atoms with van der Waals surface area (Å²) in [5.41, 5.74) is 0.561. The van der Waals surface area contributed by atoms with E-state index in [2.05, 4.69) is 26.2 Å². The van der Waals surface area contributed by atoms with E-state index in [1.54, 1.807) is 30.3 Å². The number of azo groups is 1. The normalized spacial score (nSPS) is 11.9. The summed E-state index contributed by atoms with van der Waals surface area (Å²) >= 11 is 15.0. The zero-order valence-corrected chi connectivity index (χ0v) is 14.1. The lowest BCUT2D eigenvalue weighted by Crippen LogP contribution is -2.01. The number of ketones is 1. The van der Waals surface area contributed by atoms with Crippen LogP contribution in [0.1, 0.15) is 10.4 Å². The molecule has 0 aromatic heterocycles. The predicted octanol–water partition coefficient (Wildman–Crippen LogP) is 6.12. The first-order valence-electron chi connectivity index (χ1n) is 6.02. The molecule has 0 unspecified atom stereocenters. The Bertz CT molecular complexity index is 738. The van der Waals surface area contributed by atoms with Crippen LogP contribution >= 0.6 is 39.1 Å². The van der Waals surface area contributed by atoms with Crippen molar-refractivity contribution in [3.63, 3.8) is 0 Å². The van der Waals surface area contributed by atoms with Crippen LogP contribution in [0.15, 0.2) is 69.1 Å². The van der Waals surface area contributed by atoms with Gasteiger partial charge in [0.15, 0.2) is 5.70 Å². The lowest BCUT2D eigenvalue weighted by molar-refractivity contribution is 0.102. The minimum Gasteiger partial charge on any atom is -0.513 e. The Morgan fingerprint density at radius 1 is 1.09 bits per heavy atom. The highest BCUT2D eigenvalue weighted by Gasteiger charge is 2.12. The number of carbonyl (C=O) groups excluding carboxylic acids is 1. The van der Waals surface area contributed by atoms with E-state index in [1.807, 2.05) is 0 Å². The molecule has 0 atom stereocenters. The second kappa shape index (κ2) is 7.54. The Labute approximate surface area is 145 Å². The first-order chi connectivity index (χ1) is 10.5. The van der Waals surface area contributed by atoms with Crippen LogP contribution < -0.4 is 0 Å². The summed E-state index contributed by atoms with van der Waals surface area (Å²) in [5, 5.41) is 17.6. The molecule has 0 bridgehead atoms. The van der Waals surface area contributed by atoms with Crippen LogP contribution in [0.3, 0.4) is 0 Å². The molecule has 0 spiro atoms. The molecule has 7 heteroatoms. The lowest BCUT2D eigenvalue weighted by atomic mass is 10.1. The van der Waals surface area contributed by atoms with Crippen LogP contribution in [0.4, 0.5) is 5.69 Å². The van der Waals surface area contributed by atoms with Crippen LogP contribution in [-0.2, 0) is 0 Å². The van der Waals surface area contributed by atoms with Gasteiger partial charge in [0.25, 0.3) is 0 Å². The van der Waals surface area contributed by atoms with E-state index in [0.717, 1.165) is 4.47 Å². The van der Waals surface area contributed by atoms with Gasteiger partial charge in [-0.1, -0.05) is 39.1 Å². The average Bonchev–Trinajstić information content (AvgIpc) is 2.47. The van der Waals surface area contributed by atoms with Gasteiger partial charge in [0.05, 0.1) is 5.69 Å². The number of Topliss-reactive ketones (excluding diaryl/α,β-unsaturated/α-hetero) is 1. The number of hydrogen-bond donors (Lipinski definition) is 1. The summed E-state index contributed by atoms with van der Waals surface area (Å²) in [6, 6.07) is 11.3. The van der Waals surface area contributed by atoms with Crippen molar-refractivity contribution in [1.82, 2.24) is 0 Å². The van der Waals surface area contributed by atoms with Gasteiger partial charge >= 0.3 is 0 Å².